The Hall–Kier alpha value is -3.07. The van der Waals surface area contributed by atoms with E-state index in [0.29, 0.717) is 49.8 Å². The molecule has 36 heavy (non-hydrogen) atoms. The molecule has 0 bridgehead atoms. The van der Waals surface area contributed by atoms with Gasteiger partial charge in [0.2, 0.25) is 11.8 Å². The molecule has 3 aliphatic heterocycles. The molecular weight excluding hydrogens is 476 g/mol. The molecule has 0 radical (unpaired) electrons. The summed E-state index contributed by atoms with van der Waals surface area (Å²) in [6, 6.07) is 7.88. The van der Waals surface area contributed by atoms with Gasteiger partial charge in [0.1, 0.15) is 0 Å². The molecule has 8 nitrogen and oxygen atoms in total. The fourth-order valence-electron chi connectivity index (χ4n) is 4.83. The van der Waals surface area contributed by atoms with E-state index >= 15 is 0 Å². The number of allylic oxidation sites excluding steroid dienone is 1. The number of carbonyl (C=O) groups excluding carboxylic acids is 3. The minimum absolute atomic E-state index is 0.00472. The second-order valence-corrected chi connectivity index (χ2v) is 10.3. The number of nitrogens with zero attached hydrogens (tertiary/aromatic N) is 4. The van der Waals surface area contributed by atoms with Crippen LogP contribution in [0.4, 0.5) is 0 Å². The van der Waals surface area contributed by atoms with Crippen molar-refractivity contribution in [2.24, 2.45) is 4.99 Å². The number of piperazine rings is 1. The highest BCUT2D eigenvalue weighted by atomic mass is 32.2. The SMILES string of the molecule is CCC1=C(C(=O)OC)[C@H](c2ccc(C(C)C)cc2)N2C(CC(=O)N3CCN(C(C)=O)CC3)=CSC2=N1. The molecule has 192 valence electrons. The zero-order valence-electron chi connectivity index (χ0n) is 21.6. The number of amides is 2. The molecule has 1 atom stereocenters. The number of esters is 1. The second kappa shape index (κ2) is 10.9. The van der Waals surface area contributed by atoms with Crippen molar-refractivity contribution in [3.05, 3.63) is 57.8 Å². The number of methoxy groups -OCH3 is 1. The van der Waals surface area contributed by atoms with Crippen LogP contribution < -0.4 is 0 Å². The van der Waals surface area contributed by atoms with E-state index in [1.54, 1.807) is 11.8 Å². The van der Waals surface area contributed by atoms with Gasteiger partial charge in [-0.25, -0.2) is 9.79 Å². The maximum absolute atomic E-state index is 13.3. The number of aliphatic imine (C=N–C) groups is 1. The van der Waals surface area contributed by atoms with Gasteiger partial charge in [-0.3, -0.25) is 9.59 Å². The fourth-order valence-corrected chi connectivity index (χ4v) is 5.77. The molecule has 1 saturated heterocycles. The van der Waals surface area contributed by atoms with E-state index in [9.17, 15) is 14.4 Å². The predicted molar refractivity (Wildman–Crippen MR) is 141 cm³/mol. The Morgan fingerprint density at radius 2 is 1.72 bits per heavy atom. The Labute approximate surface area is 217 Å². The van der Waals surface area contributed by atoms with Crippen LogP contribution in [0.2, 0.25) is 0 Å². The number of ether oxygens (including phenoxy) is 1. The lowest BCUT2D eigenvalue weighted by molar-refractivity contribution is -0.138. The van der Waals surface area contributed by atoms with Gasteiger partial charge < -0.3 is 19.4 Å². The fraction of sp³-hybridized carbons (Fsp3) is 0.481. The van der Waals surface area contributed by atoms with E-state index in [4.69, 9.17) is 9.73 Å². The van der Waals surface area contributed by atoms with E-state index in [2.05, 4.69) is 38.1 Å². The summed E-state index contributed by atoms with van der Waals surface area (Å²) < 4.78 is 5.20. The van der Waals surface area contributed by atoms with Gasteiger partial charge in [0.15, 0.2) is 5.17 Å². The first-order chi connectivity index (χ1) is 17.2. The molecule has 0 unspecified atom stereocenters. The first-order valence-corrected chi connectivity index (χ1v) is 13.3. The average Bonchev–Trinajstić information content (AvgIpc) is 3.29. The third-order valence-corrected chi connectivity index (χ3v) is 7.85. The van der Waals surface area contributed by atoms with Crippen LogP contribution in [0, 0.1) is 0 Å². The highest BCUT2D eigenvalue weighted by Crippen LogP contribution is 2.45. The van der Waals surface area contributed by atoms with Crippen LogP contribution in [0.1, 0.15) is 63.6 Å². The maximum Gasteiger partial charge on any atom is 0.338 e. The van der Waals surface area contributed by atoms with Crippen LogP contribution in [0.3, 0.4) is 0 Å². The van der Waals surface area contributed by atoms with Crippen molar-refractivity contribution in [3.8, 4) is 0 Å². The summed E-state index contributed by atoms with van der Waals surface area (Å²) in [5, 5.41) is 2.73. The summed E-state index contributed by atoms with van der Waals surface area (Å²) in [5.41, 5.74) is 4.20. The second-order valence-electron chi connectivity index (χ2n) is 9.48. The molecule has 1 aromatic carbocycles. The van der Waals surface area contributed by atoms with E-state index in [1.807, 2.05) is 22.1 Å². The van der Waals surface area contributed by atoms with Crippen molar-refractivity contribution < 1.29 is 19.1 Å². The van der Waals surface area contributed by atoms with Crippen molar-refractivity contribution in [3.63, 3.8) is 0 Å². The number of hydrogen-bond donors (Lipinski definition) is 0. The Morgan fingerprint density at radius 1 is 1.08 bits per heavy atom. The first kappa shape index (κ1) is 26.0. The van der Waals surface area contributed by atoms with Crippen LogP contribution in [-0.2, 0) is 19.1 Å². The number of fused-ring (bicyclic) bond motifs is 1. The normalized spacial score (nSPS) is 19.8. The summed E-state index contributed by atoms with van der Waals surface area (Å²) in [6.45, 7) is 9.97. The molecule has 1 aromatic rings. The Morgan fingerprint density at radius 3 is 2.28 bits per heavy atom. The van der Waals surface area contributed by atoms with Crippen LogP contribution in [0.15, 0.2) is 51.6 Å². The number of carbonyl (C=O) groups is 3. The quantitative estimate of drug-likeness (QED) is 0.538. The molecule has 0 saturated carbocycles. The van der Waals surface area contributed by atoms with E-state index in [-0.39, 0.29) is 18.2 Å². The molecule has 3 heterocycles. The number of amidine groups is 1. The van der Waals surface area contributed by atoms with Gasteiger partial charge >= 0.3 is 5.97 Å². The van der Waals surface area contributed by atoms with Gasteiger partial charge in [-0.15, -0.1) is 0 Å². The van der Waals surface area contributed by atoms with Crippen LogP contribution in [0.25, 0.3) is 0 Å². The topological polar surface area (TPSA) is 82.5 Å². The lowest BCUT2D eigenvalue weighted by Crippen LogP contribution is -2.50. The first-order valence-electron chi connectivity index (χ1n) is 12.4. The van der Waals surface area contributed by atoms with Crippen LogP contribution in [0.5, 0.6) is 0 Å². The molecule has 9 heteroatoms. The van der Waals surface area contributed by atoms with Crippen molar-refractivity contribution in [1.29, 1.82) is 0 Å². The molecule has 0 aromatic heterocycles. The van der Waals surface area contributed by atoms with Gasteiger partial charge in [-0.2, -0.15) is 0 Å². The van der Waals surface area contributed by atoms with Gasteiger partial charge in [-0.05, 0) is 28.9 Å². The summed E-state index contributed by atoms with van der Waals surface area (Å²) in [4.78, 5) is 48.3. The third-order valence-electron chi connectivity index (χ3n) is 6.96. The van der Waals surface area contributed by atoms with Crippen molar-refractivity contribution >= 4 is 34.7 Å². The minimum Gasteiger partial charge on any atom is -0.466 e. The molecule has 1 fully saturated rings. The number of thioether (sulfide) groups is 1. The predicted octanol–water partition coefficient (Wildman–Crippen LogP) is 4.03. The smallest absolute Gasteiger partial charge is 0.338 e. The molecule has 0 N–H and O–H groups in total. The van der Waals surface area contributed by atoms with Gasteiger partial charge in [0.05, 0.1) is 30.8 Å². The minimum atomic E-state index is -0.426. The van der Waals surface area contributed by atoms with Gasteiger partial charge in [-0.1, -0.05) is 56.8 Å². The lowest BCUT2D eigenvalue weighted by atomic mass is 9.91. The Bertz CT molecular complexity index is 1130. The molecular formula is C27H34N4O4S. The summed E-state index contributed by atoms with van der Waals surface area (Å²) in [5.74, 6) is 0.0233. The average molecular weight is 511 g/mol. The molecule has 0 spiro atoms. The molecule has 4 rings (SSSR count). The van der Waals surface area contributed by atoms with Crippen molar-refractivity contribution in [1.82, 2.24) is 14.7 Å². The van der Waals surface area contributed by atoms with Crippen LogP contribution >= 0.6 is 11.8 Å². The maximum atomic E-state index is 13.3. The van der Waals surface area contributed by atoms with Gasteiger partial charge in [0, 0.05) is 38.8 Å². The largest absolute Gasteiger partial charge is 0.466 e. The third kappa shape index (κ3) is 5.07. The molecule has 0 aliphatic carbocycles. The van der Waals surface area contributed by atoms with E-state index in [1.165, 1.54) is 24.4 Å². The standard InChI is InChI=1S/C27H34N4O4S/c1-6-22-24(26(34)35-5)25(20-9-7-19(8-10-20)17(2)3)31-21(16-36-27(31)28-22)15-23(33)30-13-11-29(12-14-30)18(4)32/h7-10,16-17,25H,6,11-15H2,1-5H3/t25-/m0/s1. The Balaban J connectivity index is 1.64. The van der Waals surface area contributed by atoms with E-state index < -0.39 is 12.0 Å². The highest BCUT2D eigenvalue weighted by molar-refractivity contribution is 8.16. The monoisotopic (exact) mass is 510 g/mol. The van der Waals surface area contributed by atoms with E-state index in [0.717, 1.165) is 16.4 Å². The number of rotatable bonds is 6. The lowest BCUT2D eigenvalue weighted by Gasteiger charge is -2.38. The summed E-state index contributed by atoms with van der Waals surface area (Å²) >= 11 is 1.48. The van der Waals surface area contributed by atoms with Crippen molar-refractivity contribution in [2.75, 3.05) is 33.3 Å². The Kier molecular flexibility index (Phi) is 7.88. The number of hydrogen-bond acceptors (Lipinski definition) is 7. The molecule has 3 aliphatic rings. The van der Waals surface area contributed by atoms with Crippen LogP contribution in [-0.4, -0.2) is 70.9 Å². The summed E-state index contributed by atoms with van der Waals surface area (Å²) in [6.07, 6.45) is 0.792. The summed E-state index contributed by atoms with van der Waals surface area (Å²) in [7, 11) is 1.39. The highest BCUT2D eigenvalue weighted by Gasteiger charge is 2.41. The zero-order valence-corrected chi connectivity index (χ0v) is 22.4. The zero-order chi connectivity index (χ0) is 26.0. The van der Waals surface area contributed by atoms with Gasteiger partial charge in [0.25, 0.3) is 0 Å². The molecule has 2 amide bonds. The van der Waals surface area contributed by atoms with Crippen molar-refractivity contribution in [2.45, 2.75) is 52.5 Å². The number of benzene rings is 1.